The number of aliphatic hydroxyl groups is 1. The summed E-state index contributed by atoms with van der Waals surface area (Å²) in [5.41, 5.74) is 6.36. The Bertz CT molecular complexity index is 427. The van der Waals surface area contributed by atoms with E-state index < -0.39 is 6.10 Å². The molecule has 112 valence electrons. The molecule has 0 bridgehead atoms. The highest BCUT2D eigenvalue weighted by Gasteiger charge is 2.40. The van der Waals surface area contributed by atoms with Crippen LogP contribution in [0.25, 0.3) is 0 Å². The number of nitrogens with two attached hydrogens (primary N) is 1. The van der Waals surface area contributed by atoms with Gasteiger partial charge in [-0.05, 0) is 49.3 Å². The largest absolute Gasteiger partial charge is 0.388 e. The van der Waals surface area contributed by atoms with Gasteiger partial charge in [0.2, 0.25) is 0 Å². The maximum Gasteiger partial charge on any atom is 0.123 e. The van der Waals surface area contributed by atoms with Crippen molar-refractivity contribution in [3.05, 3.63) is 35.6 Å². The van der Waals surface area contributed by atoms with E-state index in [1.807, 2.05) is 0 Å². The van der Waals surface area contributed by atoms with Gasteiger partial charge in [0.05, 0.1) is 6.10 Å². The van der Waals surface area contributed by atoms with Crippen molar-refractivity contribution in [1.82, 2.24) is 0 Å². The van der Waals surface area contributed by atoms with Gasteiger partial charge in [0.15, 0.2) is 0 Å². The number of halogens is 1. The Kier molecular flexibility index (Phi) is 5.17. The smallest absolute Gasteiger partial charge is 0.123 e. The fourth-order valence-corrected chi connectivity index (χ4v) is 3.57. The monoisotopic (exact) mass is 279 g/mol. The third kappa shape index (κ3) is 3.21. The van der Waals surface area contributed by atoms with Gasteiger partial charge in [0.1, 0.15) is 5.82 Å². The molecule has 1 atom stereocenters. The number of hydrogen-bond donors (Lipinski definition) is 2. The summed E-state index contributed by atoms with van der Waals surface area (Å²) in [4.78, 5) is 0. The van der Waals surface area contributed by atoms with Gasteiger partial charge in [0.25, 0.3) is 0 Å². The fourth-order valence-electron chi connectivity index (χ4n) is 3.57. The van der Waals surface area contributed by atoms with E-state index in [-0.39, 0.29) is 11.2 Å². The molecule has 1 aliphatic carbocycles. The van der Waals surface area contributed by atoms with Crippen LogP contribution in [0.1, 0.15) is 57.1 Å². The van der Waals surface area contributed by atoms with Gasteiger partial charge in [0, 0.05) is 12.0 Å². The van der Waals surface area contributed by atoms with Gasteiger partial charge in [-0.15, -0.1) is 0 Å². The second kappa shape index (κ2) is 6.68. The number of hydrogen-bond acceptors (Lipinski definition) is 2. The third-order valence-electron chi connectivity index (χ3n) is 4.95. The summed E-state index contributed by atoms with van der Waals surface area (Å²) in [5.74, 6) is 0.466. The van der Waals surface area contributed by atoms with Crippen molar-refractivity contribution in [1.29, 1.82) is 0 Å². The minimum absolute atomic E-state index is 0.280. The number of rotatable bonds is 5. The van der Waals surface area contributed by atoms with Crippen molar-refractivity contribution in [2.75, 3.05) is 6.54 Å². The quantitative estimate of drug-likeness (QED) is 0.861. The molecule has 0 radical (unpaired) electrons. The summed E-state index contributed by atoms with van der Waals surface area (Å²) in [6.07, 6.45) is 5.93. The van der Waals surface area contributed by atoms with Gasteiger partial charge >= 0.3 is 0 Å². The van der Waals surface area contributed by atoms with Crippen LogP contribution in [-0.4, -0.2) is 11.7 Å². The van der Waals surface area contributed by atoms with Crippen LogP contribution in [0.4, 0.5) is 4.39 Å². The van der Waals surface area contributed by atoms with Gasteiger partial charge < -0.3 is 10.8 Å². The minimum atomic E-state index is -0.661. The Hall–Kier alpha value is -0.930. The molecule has 1 saturated carbocycles. The molecule has 1 aromatic carbocycles. The summed E-state index contributed by atoms with van der Waals surface area (Å²) in [6, 6.07) is 6.29. The van der Waals surface area contributed by atoms with E-state index in [1.165, 1.54) is 25.0 Å². The number of aliphatic hydroxyl groups excluding tert-OH is 1. The predicted molar refractivity (Wildman–Crippen MR) is 79.7 cm³/mol. The van der Waals surface area contributed by atoms with Crippen molar-refractivity contribution in [3.63, 3.8) is 0 Å². The van der Waals surface area contributed by atoms with Crippen LogP contribution in [-0.2, 0) is 0 Å². The van der Waals surface area contributed by atoms with E-state index >= 15 is 0 Å². The van der Waals surface area contributed by atoms with E-state index in [9.17, 15) is 9.50 Å². The zero-order chi connectivity index (χ0) is 14.6. The normalized spacial score (nSPS) is 28.3. The summed E-state index contributed by atoms with van der Waals surface area (Å²) in [6.45, 7) is 2.68. The fraction of sp³-hybridized carbons (Fsp3) is 0.647. The van der Waals surface area contributed by atoms with Crippen molar-refractivity contribution in [2.45, 2.75) is 51.6 Å². The van der Waals surface area contributed by atoms with Crippen LogP contribution in [0.3, 0.4) is 0 Å². The zero-order valence-corrected chi connectivity index (χ0v) is 12.3. The topological polar surface area (TPSA) is 46.2 Å². The third-order valence-corrected chi connectivity index (χ3v) is 4.95. The minimum Gasteiger partial charge on any atom is -0.388 e. The molecule has 1 unspecified atom stereocenters. The maximum atomic E-state index is 13.3. The lowest BCUT2D eigenvalue weighted by atomic mass is 9.65. The molecule has 0 heterocycles. The molecule has 0 amide bonds. The molecular formula is C17H26FNO. The van der Waals surface area contributed by atoms with Crippen LogP contribution in [0, 0.1) is 17.2 Å². The first kappa shape index (κ1) is 15.5. The highest BCUT2D eigenvalue weighted by Crippen LogP contribution is 2.47. The van der Waals surface area contributed by atoms with Crippen LogP contribution in [0.2, 0.25) is 0 Å². The molecule has 2 rings (SSSR count). The van der Waals surface area contributed by atoms with Gasteiger partial charge in [-0.2, -0.15) is 0 Å². The second-order valence-corrected chi connectivity index (χ2v) is 6.26. The molecular weight excluding hydrogens is 253 g/mol. The molecule has 3 heteroatoms. The molecule has 0 saturated heterocycles. The Balaban J connectivity index is 2.11. The van der Waals surface area contributed by atoms with Crippen molar-refractivity contribution < 1.29 is 9.50 Å². The van der Waals surface area contributed by atoms with Crippen LogP contribution in [0.5, 0.6) is 0 Å². The molecule has 3 N–H and O–H groups in total. The van der Waals surface area contributed by atoms with E-state index in [0.717, 1.165) is 31.6 Å². The Morgan fingerprint density at radius 2 is 2.10 bits per heavy atom. The van der Waals surface area contributed by atoms with E-state index in [0.29, 0.717) is 12.1 Å². The molecule has 2 nitrogen and oxygen atoms in total. The van der Waals surface area contributed by atoms with Crippen LogP contribution >= 0.6 is 0 Å². The molecule has 0 aromatic heterocycles. The summed E-state index contributed by atoms with van der Waals surface area (Å²) in [5, 5.41) is 10.7. The average molecular weight is 279 g/mol. The molecule has 20 heavy (non-hydrogen) atoms. The average Bonchev–Trinajstić information content (AvgIpc) is 2.48. The van der Waals surface area contributed by atoms with Crippen LogP contribution in [0.15, 0.2) is 24.3 Å². The molecule has 1 aromatic rings. The Labute approximate surface area is 121 Å². The lowest BCUT2D eigenvalue weighted by Crippen LogP contribution is -2.40. The summed E-state index contributed by atoms with van der Waals surface area (Å²) in [7, 11) is 0. The maximum absolute atomic E-state index is 13.3. The van der Waals surface area contributed by atoms with E-state index in [4.69, 9.17) is 5.73 Å². The van der Waals surface area contributed by atoms with E-state index in [1.54, 1.807) is 12.1 Å². The summed E-state index contributed by atoms with van der Waals surface area (Å²) < 4.78 is 13.3. The summed E-state index contributed by atoms with van der Waals surface area (Å²) >= 11 is 0. The first-order chi connectivity index (χ1) is 9.61. The highest BCUT2D eigenvalue weighted by molar-refractivity contribution is 5.21. The van der Waals surface area contributed by atoms with Gasteiger partial charge in [-0.1, -0.05) is 31.9 Å². The van der Waals surface area contributed by atoms with Gasteiger partial charge in [-0.25, -0.2) is 4.39 Å². The Morgan fingerprint density at radius 3 is 2.65 bits per heavy atom. The SMILES string of the molecule is CCCC1CCC(CN)(C(O)c2cccc(F)c2)CC1. The standard InChI is InChI=1S/C17H26FNO/c1-2-4-13-7-9-17(12-19,10-8-13)16(20)14-5-3-6-15(18)11-14/h3,5-6,11,13,16,20H,2,4,7-10,12,19H2,1H3. The molecule has 0 aliphatic heterocycles. The molecule has 0 spiro atoms. The van der Waals surface area contributed by atoms with Crippen molar-refractivity contribution in [2.24, 2.45) is 17.1 Å². The van der Waals surface area contributed by atoms with Gasteiger partial charge in [-0.3, -0.25) is 0 Å². The zero-order valence-electron chi connectivity index (χ0n) is 12.3. The first-order valence-electron chi connectivity index (χ1n) is 7.75. The predicted octanol–water partition coefficient (Wildman–Crippen LogP) is 3.79. The van der Waals surface area contributed by atoms with E-state index in [2.05, 4.69) is 6.92 Å². The lowest BCUT2D eigenvalue weighted by molar-refractivity contribution is -0.0110. The van der Waals surface area contributed by atoms with Crippen molar-refractivity contribution >= 4 is 0 Å². The molecule has 1 aliphatic rings. The van der Waals surface area contributed by atoms with Crippen molar-refractivity contribution in [3.8, 4) is 0 Å². The Morgan fingerprint density at radius 1 is 1.40 bits per heavy atom. The first-order valence-corrected chi connectivity index (χ1v) is 7.75. The molecule has 1 fully saturated rings. The highest BCUT2D eigenvalue weighted by atomic mass is 19.1. The lowest BCUT2D eigenvalue weighted by Gasteiger charge is -2.43. The van der Waals surface area contributed by atoms with Crippen LogP contribution < -0.4 is 5.73 Å². The number of benzene rings is 1. The second-order valence-electron chi connectivity index (χ2n) is 6.26.